The number of nitriles is 1. The van der Waals surface area contributed by atoms with Crippen molar-refractivity contribution in [2.75, 3.05) is 33.3 Å². The molecular formula is C14H25N3O. The van der Waals surface area contributed by atoms with Gasteiger partial charge in [0.15, 0.2) is 0 Å². The third-order valence-corrected chi connectivity index (χ3v) is 4.39. The number of hydrogen-bond acceptors (Lipinski definition) is 4. The van der Waals surface area contributed by atoms with Crippen molar-refractivity contribution in [3.8, 4) is 6.07 Å². The second-order valence-corrected chi connectivity index (χ2v) is 6.27. The molecule has 2 aliphatic rings. The van der Waals surface area contributed by atoms with Crippen LogP contribution in [0.25, 0.3) is 0 Å². The van der Waals surface area contributed by atoms with Crippen molar-refractivity contribution < 1.29 is 4.74 Å². The summed E-state index contributed by atoms with van der Waals surface area (Å²) in [7, 11) is 2.14. The zero-order valence-electron chi connectivity index (χ0n) is 11.9. The zero-order chi connectivity index (χ0) is 13.2. The first-order chi connectivity index (χ1) is 8.53. The van der Waals surface area contributed by atoms with Crippen molar-refractivity contribution in [3.05, 3.63) is 0 Å². The molecule has 0 spiro atoms. The van der Waals surface area contributed by atoms with Crippen LogP contribution in [0.4, 0.5) is 0 Å². The Morgan fingerprint density at radius 2 is 2.22 bits per heavy atom. The van der Waals surface area contributed by atoms with E-state index in [1.807, 2.05) is 0 Å². The lowest BCUT2D eigenvalue weighted by molar-refractivity contribution is -0.0253. The molecule has 2 rings (SSSR count). The molecular weight excluding hydrogens is 226 g/mol. The molecule has 2 unspecified atom stereocenters. The predicted molar refractivity (Wildman–Crippen MR) is 71.3 cm³/mol. The second kappa shape index (κ2) is 5.56. The number of piperazine rings is 1. The average Bonchev–Trinajstić information content (AvgIpc) is 2.78. The van der Waals surface area contributed by atoms with Crippen LogP contribution in [0, 0.1) is 11.3 Å². The van der Waals surface area contributed by atoms with Crippen molar-refractivity contribution in [2.24, 2.45) is 0 Å². The lowest BCUT2D eigenvalue weighted by Gasteiger charge is -2.50. The molecule has 0 aromatic carbocycles. The highest BCUT2D eigenvalue weighted by atomic mass is 16.5. The van der Waals surface area contributed by atoms with Crippen LogP contribution in [-0.4, -0.2) is 60.8 Å². The van der Waals surface area contributed by atoms with E-state index in [0.29, 0.717) is 18.6 Å². The molecule has 2 saturated heterocycles. The summed E-state index contributed by atoms with van der Waals surface area (Å²) in [6.45, 7) is 8.53. The van der Waals surface area contributed by atoms with Gasteiger partial charge in [-0.1, -0.05) is 0 Å². The Labute approximate surface area is 110 Å². The number of rotatable bonds is 3. The van der Waals surface area contributed by atoms with Gasteiger partial charge in [0, 0.05) is 37.8 Å². The highest BCUT2D eigenvalue weighted by Gasteiger charge is 2.38. The summed E-state index contributed by atoms with van der Waals surface area (Å²) >= 11 is 0. The Kier molecular flexibility index (Phi) is 4.26. The fourth-order valence-electron chi connectivity index (χ4n) is 3.16. The summed E-state index contributed by atoms with van der Waals surface area (Å²) in [4.78, 5) is 4.85. The van der Waals surface area contributed by atoms with E-state index in [4.69, 9.17) is 10.00 Å². The quantitative estimate of drug-likeness (QED) is 0.761. The molecule has 102 valence electrons. The molecule has 0 aliphatic carbocycles. The van der Waals surface area contributed by atoms with E-state index in [2.05, 4.69) is 36.8 Å². The average molecular weight is 251 g/mol. The SMILES string of the molecule is CN1C(CC#N)CN(CC2CCCO2)CC1(C)C. The highest BCUT2D eigenvalue weighted by Crippen LogP contribution is 2.26. The van der Waals surface area contributed by atoms with Gasteiger partial charge in [-0.2, -0.15) is 5.26 Å². The fraction of sp³-hybridized carbons (Fsp3) is 0.929. The first-order valence-electron chi connectivity index (χ1n) is 6.97. The largest absolute Gasteiger partial charge is 0.377 e. The van der Waals surface area contributed by atoms with Crippen molar-refractivity contribution in [2.45, 2.75) is 50.8 Å². The Morgan fingerprint density at radius 3 is 2.83 bits per heavy atom. The molecule has 2 aliphatic heterocycles. The van der Waals surface area contributed by atoms with Crippen LogP contribution in [-0.2, 0) is 4.74 Å². The molecule has 2 heterocycles. The molecule has 2 atom stereocenters. The molecule has 4 nitrogen and oxygen atoms in total. The highest BCUT2D eigenvalue weighted by molar-refractivity contribution is 4.97. The molecule has 4 heteroatoms. The third-order valence-electron chi connectivity index (χ3n) is 4.39. The van der Waals surface area contributed by atoms with Crippen LogP contribution in [0.3, 0.4) is 0 Å². The number of nitrogens with zero attached hydrogens (tertiary/aromatic N) is 3. The van der Waals surface area contributed by atoms with Crippen LogP contribution in [0.5, 0.6) is 0 Å². The monoisotopic (exact) mass is 251 g/mol. The van der Waals surface area contributed by atoms with E-state index in [9.17, 15) is 0 Å². The van der Waals surface area contributed by atoms with E-state index < -0.39 is 0 Å². The maximum Gasteiger partial charge on any atom is 0.0702 e. The molecule has 0 bridgehead atoms. The first-order valence-corrected chi connectivity index (χ1v) is 6.97. The topological polar surface area (TPSA) is 39.5 Å². The summed E-state index contributed by atoms with van der Waals surface area (Å²) in [6.07, 6.45) is 3.41. The van der Waals surface area contributed by atoms with Crippen LogP contribution in [0.15, 0.2) is 0 Å². The van der Waals surface area contributed by atoms with Gasteiger partial charge in [-0.3, -0.25) is 9.80 Å². The standard InChI is InChI=1S/C14H25N3O/c1-14(2)11-17(10-13-5-4-8-18-13)9-12(6-7-15)16(14)3/h12-13H,4-6,8-11H2,1-3H3. The summed E-state index contributed by atoms with van der Waals surface area (Å²) < 4.78 is 5.73. The molecule has 0 amide bonds. The van der Waals surface area contributed by atoms with Crippen LogP contribution in [0.2, 0.25) is 0 Å². The van der Waals surface area contributed by atoms with Crippen molar-refractivity contribution in [1.29, 1.82) is 5.26 Å². The van der Waals surface area contributed by atoms with Crippen molar-refractivity contribution in [1.82, 2.24) is 9.80 Å². The van der Waals surface area contributed by atoms with Gasteiger partial charge in [0.1, 0.15) is 0 Å². The Hall–Kier alpha value is -0.630. The molecule has 0 aromatic heterocycles. The number of likely N-dealkylation sites (N-methyl/N-ethyl adjacent to an activating group) is 1. The molecule has 0 N–H and O–H groups in total. The maximum absolute atomic E-state index is 8.96. The van der Waals surface area contributed by atoms with Gasteiger partial charge in [0.2, 0.25) is 0 Å². The smallest absolute Gasteiger partial charge is 0.0702 e. The maximum atomic E-state index is 8.96. The number of hydrogen-bond donors (Lipinski definition) is 0. The molecule has 18 heavy (non-hydrogen) atoms. The Morgan fingerprint density at radius 1 is 1.44 bits per heavy atom. The normalized spacial score (nSPS) is 33.4. The van der Waals surface area contributed by atoms with Gasteiger partial charge in [-0.05, 0) is 33.7 Å². The molecule has 2 fully saturated rings. The van der Waals surface area contributed by atoms with Crippen LogP contribution in [0.1, 0.15) is 33.1 Å². The third kappa shape index (κ3) is 3.03. The van der Waals surface area contributed by atoms with E-state index in [-0.39, 0.29) is 5.54 Å². The van der Waals surface area contributed by atoms with E-state index in [1.54, 1.807) is 0 Å². The van der Waals surface area contributed by atoms with Crippen LogP contribution < -0.4 is 0 Å². The van der Waals surface area contributed by atoms with Gasteiger partial charge < -0.3 is 4.74 Å². The summed E-state index contributed by atoms with van der Waals surface area (Å²) in [5, 5.41) is 8.96. The predicted octanol–water partition coefficient (Wildman–Crippen LogP) is 1.47. The minimum atomic E-state index is 0.137. The number of ether oxygens (including phenoxy) is 1. The summed E-state index contributed by atoms with van der Waals surface area (Å²) in [5.74, 6) is 0. The minimum absolute atomic E-state index is 0.137. The Balaban J connectivity index is 1.97. The van der Waals surface area contributed by atoms with Gasteiger partial charge in [-0.15, -0.1) is 0 Å². The van der Waals surface area contributed by atoms with Crippen molar-refractivity contribution >= 4 is 0 Å². The van der Waals surface area contributed by atoms with Gasteiger partial charge in [0.05, 0.1) is 18.6 Å². The minimum Gasteiger partial charge on any atom is -0.377 e. The lowest BCUT2D eigenvalue weighted by Crippen LogP contribution is -2.63. The van der Waals surface area contributed by atoms with Gasteiger partial charge >= 0.3 is 0 Å². The Bertz CT molecular complexity index is 317. The van der Waals surface area contributed by atoms with E-state index in [0.717, 1.165) is 26.2 Å². The van der Waals surface area contributed by atoms with Gasteiger partial charge in [-0.25, -0.2) is 0 Å². The van der Waals surface area contributed by atoms with Crippen LogP contribution >= 0.6 is 0 Å². The summed E-state index contributed by atoms with van der Waals surface area (Å²) in [6, 6.07) is 2.67. The summed E-state index contributed by atoms with van der Waals surface area (Å²) in [5.41, 5.74) is 0.137. The van der Waals surface area contributed by atoms with E-state index in [1.165, 1.54) is 12.8 Å². The van der Waals surface area contributed by atoms with E-state index >= 15 is 0 Å². The van der Waals surface area contributed by atoms with Crippen molar-refractivity contribution in [3.63, 3.8) is 0 Å². The molecule has 0 radical (unpaired) electrons. The van der Waals surface area contributed by atoms with Gasteiger partial charge in [0.25, 0.3) is 0 Å². The zero-order valence-corrected chi connectivity index (χ0v) is 11.9. The molecule has 0 saturated carbocycles. The first kappa shape index (κ1) is 13.8. The fourth-order valence-corrected chi connectivity index (χ4v) is 3.16. The second-order valence-electron chi connectivity index (χ2n) is 6.27. The lowest BCUT2D eigenvalue weighted by atomic mass is 9.94. The molecule has 0 aromatic rings.